The molecule has 0 atom stereocenters. The summed E-state index contributed by atoms with van der Waals surface area (Å²) < 4.78 is 1.74. The van der Waals surface area contributed by atoms with Crippen LogP contribution in [0.15, 0.2) is 21.3 Å². The van der Waals surface area contributed by atoms with Crippen LogP contribution in [0.5, 0.6) is 0 Å². The molecule has 9 heavy (non-hydrogen) atoms. The Kier molecular flexibility index (Phi) is 2.08. The fraction of sp³-hybridized carbons (Fsp3) is 0. The van der Waals surface area contributed by atoms with E-state index >= 15 is 0 Å². The van der Waals surface area contributed by atoms with Gasteiger partial charge in [-0.3, -0.25) is 0 Å². The van der Waals surface area contributed by atoms with Crippen LogP contribution in [0.25, 0.3) is 0 Å². The number of aromatic amines is 1. The van der Waals surface area contributed by atoms with Gasteiger partial charge in [-0.05, 0) is 31.9 Å². The second-order valence-corrected chi connectivity index (χ2v) is 3.27. The van der Waals surface area contributed by atoms with Gasteiger partial charge in [-0.15, -0.1) is 0 Å². The highest BCUT2D eigenvalue weighted by atomic mass is 79.9. The molecule has 1 heterocycles. The van der Waals surface area contributed by atoms with Gasteiger partial charge < -0.3 is 5.73 Å². The standard InChI is InChI=1S/C5H4Br2N2/c6-3-1-9-2-4(7)5(3)8/h1-2H,(H2,8,9)/p+1. The topological polar surface area (TPSA) is 40.2 Å². The molecule has 0 saturated carbocycles. The van der Waals surface area contributed by atoms with E-state index in [1.54, 1.807) is 12.4 Å². The zero-order valence-corrected chi connectivity index (χ0v) is 7.66. The van der Waals surface area contributed by atoms with Crippen LogP contribution in [0.2, 0.25) is 0 Å². The monoisotopic (exact) mass is 251 g/mol. The Balaban J connectivity index is 3.25. The van der Waals surface area contributed by atoms with Crippen molar-refractivity contribution in [2.75, 3.05) is 5.73 Å². The lowest BCUT2D eigenvalue weighted by Crippen LogP contribution is -2.02. The van der Waals surface area contributed by atoms with Crippen LogP contribution in [-0.2, 0) is 0 Å². The number of nitrogen functional groups attached to an aromatic ring is 1. The van der Waals surface area contributed by atoms with Gasteiger partial charge in [0.15, 0.2) is 12.4 Å². The van der Waals surface area contributed by atoms with Crippen molar-refractivity contribution in [2.45, 2.75) is 0 Å². The molecule has 0 amide bonds. The van der Waals surface area contributed by atoms with Crippen molar-refractivity contribution < 1.29 is 4.98 Å². The molecule has 0 aliphatic carbocycles. The molecule has 1 aromatic rings. The Morgan fingerprint density at radius 3 is 2.00 bits per heavy atom. The van der Waals surface area contributed by atoms with E-state index in [0.717, 1.165) is 8.95 Å². The van der Waals surface area contributed by atoms with Crippen LogP contribution in [-0.4, -0.2) is 0 Å². The Hall–Kier alpha value is -0.0900. The number of nitrogens with two attached hydrogens (primary N) is 1. The number of aromatic nitrogens is 1. The minimum absolute atomic E-state index is 0.716. The fourth-order valence-electron chi connectivity index (χ4n) is 0.458. The lowest BCUT2D eigenvalue weighted by Gasteiger charge is -1.92. The largest absolute Gasteiger partial charge is 0.397 e. The van der Waals surface area contributed by atoms with E-state index in [2.05, 4.69) is 36.8 Å². The Bertz CT molecular complexity index is 204. The van der Waals surface area contributed by atoms with Crippen molar-refractivity contribution in [3.63, 3.8) is 0 Å². The molecule has 2 nitrogen and oxygen atoms in total. The van der Waals surface area contributed by atoms with Crippen molar-refractivity contribution in [1.82, 2.24) is 0 Å². The lowest BCUT2D eigenvalue weighted by atomic mass is 10.4. The van der Waals surface area contributed by atoms with Crippen molar-refractivity contribution in [3.05, 3.63) is 21.3 Å². The summed E-state index contributed by atoms with van der Waals surface area (Å²) in [6.45, 7) is 0. The third kappa shape index (κ3) is 1.43. The summed E-state index contributed by atoms with van der Waals surface area (Å²) in [6, 6.07) is 0. The molecule has 0 aromatic carbocycles. The van der Waals surface area contributed by atoms with Gasteiger partial charge in [0, 0.05) is 0 Å². The molecule has 4 heteroatoms. The highest BCUT2D eigenvalue weighted by molar-refractivity contribution is 9.11. The Labute approximate surface area is 69.7 Å². The summed E-state index contributed by atoms with van der Waals surface area (Å²) in [6.07, 6.45) is 3.56. The number of nitrogens with one attached hydrogen (secondary N) is 1. The highest BCUT2D eigenvalue weighted by Gasteiger charge is 2.02. The number of hydrogen-bond acceptors (Lipinski definition) is 1. The van der Waals surface area contributed by atoms with E-state index in [1.165, 1.54) is 0 Å². The minimum Gasteiger partial charge on any atom is -0.397 e. The van der Waals surface area contributed by atoms with E-state index in [-0.39, 0.29) is 0 Å². The number of hydrogen-bond donors (Lipinski definition) is 1. The Morgan fingerprint density at radius 1 is 1.22 bits per heavy atom. The first-order chi connectivity index (χ1) is 4.22. The molecule has 0 aliphatic heterocycles. The first kappa shape index (κ1) is 7.02. The zero-order chi connectivity index (χ0) is 6.85. The summed E-state index contributed by atoms with van der Waals surface area (Å²) >= 11 is 6.52. The third-order valence-electron chi connectivity index (χ3n) is 0.935. The molecule has 0 radical (unpaired) electrons. The van der Waals surface area contributed by atoms with Gasteiger partial charge in [-0.1, -0.05) is 0 Å². The molecule has 48 valence electrons. The van der Waals surface area contributed by atoms with Gasteiger partial charge in [0.2, 0.25) is 0 Å². The molecule has 0 unspecified atom stereocenters. The number of pyridine rings is 1. The van der Waals surface area contributed by atoms with Crippen LogP contribution in [0, 0.1) is 0 Å². The molecule has 0 saturated heterocycles. The number of halogens is 2. The summed E-state index contributed by atoms with van der Waals surface area (Å²) in [7, 11) is 0. The summed E-state index contributed by atoms with van der Waals surface area (Å²) in [4.78, 5) is 2.90. The van der Waals surface area contributed by atoms with Crippen LogP contribution in [0.4, 0.5) is 5.69 Å². The van der Waals surface area contributed by atoms with E-state index in [9.17, 15) is 0 Å². The average molecular weight is 253 g/mol. The fourth-order valence-corrected chi connectivity index (χ4v) is 1.42. The normalized spacial score (nSPS) is 9.56. The first-order valence-electron chi connectivity index (χ1n) is 2.32. The van der Waals surface area contributed by atoms with Gasteiger partial charge in [0.05, 0.1) is 5.69 Å². The van der Waals surface area contributed by atoms with E-state index in [4.69, 9.17) is 5.73 Å². The van der Waals surface area contributed by atoms with Gasteiger partial charge in [-0.2, -0.15) is 0 Å². The lowest BCUT2D eigenvalue weighted by molar-refractivity contribution is -0.379. The van der Waals surface area contributed by atoms with Gasteiger partial charge >= 0.3 is 0 Å². The molecule has 0 bridgehead atoms. The molecular formula is C5H5Br2N2+. The van der Waals surface area contributed by atoms with Crippen LogP contribution >= 0.6 is 31.9 Å². The maximum Gasteiger partial charge on any atom is 0.183 e. The van der Waals surface area contributed by atoms with Crippen molar-refractivity contribution in [3.8, 4) is 0 Å². The maximum atomic E-state index is 5.57. The summed E-state index contributed by atoms with van der Waals surface area (Å²) in [5.41, 5.74) is 6.28. The molecule has 0 fully saturated rings. The second-order valence-electron chi connectivity index (χ2n) is 1.56. The molecular weight excluding hydrogens is 248 g/mol. The summed E-state index contributed by atoms with van der Waals surface area (Å²) in [5.74, 6) is 0. The van der Waals surface area contributed by atoms with Crippen molar-refractivity contribution in [1.29, 1.82) is 0 Å². The van der Waals surface area contributed by atoms with Crippen LogP contribution < -0.4 is 10.7 Å². The zero-order valence-electron chi connectivity index (χ0n) is 4.49. The number of H-pyrrole nitrogens is 1. The first-order valence-corrected chi connectivity index (χ1v) is 3.91. The average Bonchev–Trinajstić information content (AvgIpc) is 1.83. The molecule has 3 N–H and O–H groups in total. The molecule has 0 spiro atoms. The van der Waals surface area contributed by atoms with E-state index in [0.29, 0.717) is 5.69 Å². The molecule has 1 rings (SSSR count). The van der Waals surface area contributed by atoms with Gasteiger partial charge in [0.25, 0.3) is 0 Å². The second kappa shape index (κ2) is 2.66. The van der Waals surface area contributed by atoms with E-state index in [1.807, 2.05) is 0 Å². The quantitative estimate of drug-likeness (QED) is 0.749. The predicted molar refractivity (Wildman–Crippen MR) is 42.8 cm³/mol. The molecule has 1 aromatic heterocycles. The summed E-state index contributed by atoms with van der Waals surface area (Å²) in [5, 5.41) is 0. The van der Waals surface area contributed by atoms with E-state index < -0.39 is 0 Å². The maximum absolute atomic E-state index is 5.57. The van der Waals surface area contributed by atoms with Crippen molar-refractivity contribution >= 4 is 37.5 Å². The van der Waals surface area contributed by atoms with Crippen molar-refractivity contribution in [2.24, 2.45) is 0 Å². The Morgan fingerprint density at radius 2 is 1.67 bits per heavy atom. The third-order valence-corrected chi connectivity index (χ3v) is 2.25. The smallest absolute Gasteiger partial charge is 0.183 e. The van der Waals surface area contributed by atoms with Gasteiger partial charge in [-0.25, -0.2) is 4.98 Å². The molecule has 0 aliphatic rings. The number of anilines is 1. The number of rotatable bonds is 0. The van der Waals surface area contributed by atoms with Gasteiger partial charge in [0.1, 0.15) is 8.95 Å². The predicted octanol–water partition coefficient (Wildman–Crippen LogP) is 1.61. The van der Waals surface area contributed by atoms with Crippen LogP contribution in [0.1, 0.15) is 0 Å². The minimum atomic E-state index is 0.716. The highest BCUT2D eigenvalue weighted by Crippen LogP contribution is 2.23. The SMILES string of the molecule is Nc1c(Br)c[nH+]cc1Br. The van der Waals surface area contributed by atoms with Crippen LogP contribution in [0.3, 0.4) is 0 Å².